The third-order valence-electron chi connectivity index (χ3n) is 1.59. The Balaban J connectivity index is 2.17. The van der Waals surface area contributed by atoms with Crippen LogP contribution in [0, 0.1) is 0 Å². The van der Waals surface area contributed by atoms with Crippen molar-refractivity contribution in [2.24, 2.45) is 0 Å². The minimum atomic E-state index is 0.776. The molecule has 14 heavy (non-hydrogen) atoms. The molecule has 0 atom stereocenters. The number of nitrogens with zero attached hydrogens (tertiary/aromatic N) is 3. The van der Waals surface area contributed by atoms with Crippen molar-refractivity contribution in [3.05, 3.63) is 24.7 Å². The minimum Gasteiger partial charge on any atom is -0.373 e. The first-order chi connectivity index (χ1) is 6.88. The number of rotatable bonds is 3. The van der Waals surface area contributed by atoms with Crippen LogP contribution in [0.15, 0.2) is 34.7 Å². The number of hydrogen-bond donors (Lipinski definition) is 2. The van der Waals surface area contributed by atoms with Crippen molar-refractivity contribution in [2.45, 2.75) is 10.1 Å². The Morgan fingerprint density at radius 2 is 2.36 bits per heavy atom. The van der Waals surface area contributed by atoms with Crippen molar-refractivity contribution in [1.82, 2.24) is 20.2 Å². The molecule has 0 amide bonds. The zero-order valence-electron chi connectivity index (χ0n) is 7.56. The lowest BCUT2D eigenvalue weighted by Gasteiger charge is -2.00. The Morgan fingerprint density at radius 3 is 3.07 bits per heavy atom. The van der Waals surface area contributed by atoms with Crippen LogP contribution in [0.3, 0.4) is 0 Å². The van der Waals surface area contributed by atoms with E-state index >= 15 is 0 Å². The van der Waals surface area contributed by atoms with E-state index in [4.69, 9.17) is 0 Å². The van der Waals surface area contributed by atoms with Gasteiger partial charge in [0.15, 0.2) is 5.16 Å². The van der Waals surface area contributed by atoms with Gasteiger partial charge in [-0.15, -0.1) is 0 Å². The summed E-state index contributed by atoms with van der Waals surface area (Å²) in [5, 5.41) is 10.3. The Bertz CT molecular complexity index is 400. The average molecular weight is 207 g/mol. The second-order valence-electron chi connectivity index (χ2n) is 2.52. The minimum absolute atomic E-state index is 0.776. The lowest BCUT2D eigenvalue weighted by atomic mass is 10.5. The zero-order chi connectivity index (χ0) is 9.80. The fraction of sp³-hybridized carbons (Fsp3) is 0.125. The second-order valence-corrected chi connectivity index (χ2v) is 3.58. The van der Waals surface area contributed by atoms with Gasteiger partial charge in [-0.3, -0.25) is 5.10 Å². The number of anilines is 1. The summed E-state index contributed by atoms with van der Waals surface area (Å²) < 4.78 is 0. The van der Waals surface area contributed by atoms with Crippen LogP contribution in [-0.2, 0) is 0 Å². The number of aromatic amines is 1. The summed E-state index contributed by atoms with van der Waals surface area (Å²) in [5.74, 6) is 0.842. The van der Waals surface area contributed by atoms with Crippen molar-refractivity contribution >= 4 is 17.6 Å². The van der Waals surface area contributed by atoms with E-state index < -0.39 is 0 Å². The smallest absolute Gasteiger partial charge is 0.188 e. The molecule has 0 fully saturated rings. The molecule has 5 nitrogen and oxygen atoms in total. The molecule has 0 aliphatic carbocycles. The maximum Gasteiger partial charge on any atom is 0.188 e. The summed E-state index contributed by atoms with van der Waals surface area (Å²) in [4.78, 5) is 9.21. The van der Waals surface area contributed by atoms with Crippen LogP contribution >= 0.6 is 11.8 Å². The molecule has 2 rings (SSSR count). The van der Waals surface area contributed by atoms with E-state index in [1.54, 1.807) is 6.20 Å². The molecule has 0 unspecified atom stereocenters. The summed E-state index contributed by atoms with van der Waals surface area (Å²) in [5.41, 5.74) is 0. The SMILES string of the molecule is CNc1cc(Sc2ncn[nH]2)ccn1. The van der Waals surface area contributed by atoms with Crippen LogP contribution in [-0.4, -0.2) is 27.2 Å². The molecular weight excluding hydrogens is 198 g/mol. The molecule has 0 spiro atoms. The molecule has 0 aliphatic heterocycles. The largest absolute Gasteiger partial charge is 0.373 e. The van der Waals surface area contributed by atoms with Crippen molar-refractivity contribution < 1.29 is 0 Å². The molecule has 0 bridgehead atoms. The highest BCUT2D eigenvalue weighted by Crippen LogP contribution is 2.24. The van der Waals surface area contributed by atoms with Crippen LogP contribution in [0.2, 0.25) is 0 Å². The number of pyridine rings is 1. The predicted molar refractivity (Wildman–Crippen MR) is 54.3 cm³/mol. The molecule has 6 heteroatoms. The van der Waals surface area contributed by atoms with E-state index in [-0.39, 0.29) is 0 Å². The van der Waals surface area contributed by atoms with E-state index in [1.807, 2.05) is 19.2 Å². The lowest BCUT2D eigenvalue weighted by molar-refractivity contribution is 0.973. The molecule has 0 aromatic carbocycles. The van der Waals surface area contributed by atoms with Gasteiger partial charge in [-0.05, 0) is 12.1 Å². The van der Waals surface area contributed by atoms with Gasteiger partial charge in [0.2, 0.25) is 0 Å². The van der Waals surface area contributed by atoms with Crippen molar-refractivity contribution in [1.29, 1.82) is 0 Å². The van der Waals surface area contributed by atoms with Gasteiger partial charge in [0, 0.05) is 18.1 Å². The highest BCUT2D eigenvalue weighted by Gasteiger charge is 2.00. The highest BCUT2D eigenvalue weighted by molar-refractivity contribution is 7.99. The third-order valence-corrected chi connectivity index (χ3v) is 2.47. The van der Waals surface area contributed by atoms with E-state index in [1.165, 1.54) is 18.1 Å². The Morgan fingerprint density at radius 1 is 1.43 bits per heavy atom. The first-order valence-electron chi connectivity index (χ1n) is 4.05. The molecule has 2 N–H and O–H groups in total. The molecule has 0 aliphatic rings. The molecule has 2 aromatic heterocycles. The van der Waals surface area contributed by atoms with E-state index in [2.05, 4.69) is 25.5 Å². The highest BCUT2D eigenvalue weighted by atomic mass is 32.2. The standard InChI is InChI=1S/C8H9N5S/c1-9-7-4-6(2-3-10-7)14-8-11-5-12-13-8/h2-5H,1H3,(H,9,10)(H,11,12,13). The van der Waals surface area contributed by atoms with E-state index in [0.29, 0.717) is 0 Å². The van der Waals surface area contributed by atoms with E-state index in [0.717, 1.165) is 15.9 Å². The van der Waals surface area contributed by atoms with Gasteiger partial charge >= 0.3 is 0 Å². The maximum atomic E-state index is 4.12. The van der Waals surface area contributed by atoms with Crippen LogP contribution in [0.25, 0.3) is 0 Å². The maximum absolute atomic E-state index is 4.12. The Labute approximate surface area is 85.4 Å². The summed E-state index contributed by atoms with van der Waals surface area (Å²) in [6.07, 6.45) is 3.24. The average Bonchev–Trinajstić information content (AvgIpc) is 2.71. The van der Waals surface area contributed by atoms with Crippen LogP contribution in [0.5, 0.6) is 0 Å². The third kappa shape index (κ3) is 2.02. The Kier molecular flexibility index (Phi) is 2.64. The van der Waals surface area contributed by atoms with Crippen LogP contribution < -0.4 is 5.32 Å². The van der Waals surface area contributed by atoms with Gasteiger partial charge in [0.25, 0.3) is 0 Å². The molecule has 0 saturated heterocycles. The second kappa shape index (κ2) is 4.10. The monoisotopic (exact) mass is 207 g/mol. The topological polar surface area (TPSA) is 66.5 Å². The summed E-state index contributed by atoms with van der Waals surface area (Å²) in [7, 11) is 1.84. The van der Waals surface area contributed by atoms with Gasteiger partial charge < -0.3 is 5.32 Å². The lowest BCUT2D eigenvalue weighted by Crippen LogP contribution is -1.91. The number of H-pyrrole nitrogens is 1. The zero-order valence-corrected chi connectivity index (χ0v) is 8.38. The molecule has 0 radical (unpaired) electrons. The normalized spacial score (nSPS) is 10.1. The Hall–Kier alpha value is -1.56. The van der Waals surface area contributed by atoms with Gasteiger partial charge in [0.1, 0.15) is 12.1 Å². The van der Waals surface area contributed by atoms with Crippen LogP contribution in [0.4, 0.5) is 5.82 Å². The summed E-state index contributed by atoms with van der Waals surface area (Å²) in [6.45, 7) is 0. The fourth-order valence-electron chi connectivity index (χ4n) is 0.966. The summed E-state index contributed by atoms with van der Waals surface area (Å²) in [6, 6.07) is 3.88. The first kappa shape index (κ1) is 9.01. The quantitative estimate of drug-likeness (QED) is 0.796. The van der Waals surface area contributed by atoms with Gasteiger partial charge in [-0.2, -0.15) is 5.10 Å². The van der Waals surface area contributed by atoms with Gasteiger partial charge in [-0.25, -0.2) is 9.97 Å². The van der Waals surface area contributed by atoms with Crippen LogP contribution in [0.1, 0.15) is 0 Å². The predicted octanol–water partition coefficient (Wildman–Crippen LogP) is 1.39. The van der Waals surface area contributed by atoms with Gasteiger partial charge in [-0.1, -0.05) is 11.8 Å². The van der Waals surface area contributed by atoms with Crippen molar-refractivity contribution in [3.63, 3.8) is 0 Å². The summed E-state index contributed by atoms with van der Waals surface area (Å²) >= 11 is 1.51. The fourth-order valence-corrected chi connectivity index (χ4v) is 1.69. The molecular formula is C8H9N5S. The van der Waals surface area contributed by atoms with E-state index in [9.17, 15) is 0 Å². The van der Waals surface area contributed by atoms with Crippen molar-refractivity contribution in [2.75, 3.05) is 12.4 Å². The number of hydrogen-bond acceptors (Lipinski definition) is 5. The molecule has 0 saturated carbocycles. The number of aromatic nitrogens is 4. The molecule has 2 heterocycles. The molecule has 2 aromatic rings. The number of nitrogens with one attached hydrogen (secondary N) is 2. The van der Waals surface area contributed by atoms with Gasteiger partial charge in [0.05, 0.1) is 0 Å². The van der Waals surface area contributed by atoms with Crippen molar-refractivity contribution in [3.8, 4) is 0 Å². The first-order valence-corrected chi connectivity index (χ1v) is 4.87. The molecule has 72 valence electrons.